The molecule has 1 aromatic rings. The Balaban J connectivity index is 1.88. The molecule has 1 aromatic heterocycles. The van der Waals surface area contributed by atoms with Crippen LogP contribution in [0.3, 0.4) is 0 Å². The molecule has 0 amide bonds. The first kappa shape index (κ1) is 10.6. The molecule has 0 unspecified atom stereocenters. The average Bonchev–Trinajstić information content (AvgIpc) is 2.31. The Morgan fingerprint density at radius 3 is 2.53 bits per heavy atom. The molecule has 3 heteroatoms. The van der Waals surface area contributed by atoms with Crippen molar-refractivity contribution in [2.45, 2.75) is 25.4 Å². The van der Waals surface area contributed by atoms with Gasteiger partial charge < -0.3 is 10.0 Å². The first-order valence-corrected chi connectivity index (χ1v) is 5.66. The van der Waals surface area contributed by atoms with Crippen molar-refractivity contribution in [3.8, 4) is 0 Å². The molecular weight excluding hydrogens is 188 g/mol. The molecule has 1 fully saturated rings. The molecule has 0 aromatic carbocycles. The zero-order valence-electron chi connectivity index (χ0n) is 8.97. The first-order chi connectivity index (χ1) is 7.36. The van der Waals surface area contributed by atoms with Crippen molar-refractivity contribution in [2.75, 3.05) is 19.6 Å². The molecule has 1 aliphatic heterocycles. The molecular formula is C12H18N2O. The highest BCUT2D eigenvalue weighted by molar-refractivity contribution is 5.13. The summed E-state index contributed by atoms with van der Waals surface area (Å²) in [6, 6.07) is 3.77. The number of piperidine rings is 1. The molecule has 1 N–H and O–H groups in total. The second-order valence-electron chi connectivity index (χ2n) is 4.16. The highest BCUT2D eigenvalue weighted by atomic mass is 16.3. The number of β-amino-alcohol motifs (C(OH)–C–C–N with tert-alkyl or cyclic N) is 1. The van der Waals surface area contributed by atoms with Gasteiger partial charge in [-0.1, -0.05) is 6.42 Å². The van der Waals surface area contributed by atoms with Gasteiger partial charge in [-0.3, -0.25) is 4.98 Å². The molecule has 1 atom stereocenters. The summed E-state index contributed by atoms with van der Waals surface area (Å²) in [6.07, 6.45) is 6.96. The van der Waals surface area contributed by atoms with E-state index in [4.69, 9.17) is 0 Å². The van der Waals surface area contributed by atoms with Crippen LogP contribution in [0.1, 0.15) is 30.9 Å². The van der Waals surface area contributed by atoms with Crippen LogP contribution >= 0.6 is 0 Å². The van der Waals surface area contributed by atoms with Crippen LogP contribution in [-0.4, -0.2) is 34.6 Å². The van der Waals surface area contributed by atoms with E-state index < -0.39 is 0 Å². The predicted octanol–water partition coefficient (Wildman–Crippen LogP) is 1.60. The number of hydrogen-bond donors (Lipinski definition) is 1. The standard InChI is InChI=1S/C12H18N2O/c15-12(11-4-6-13-7-5-11)10-14-8-2-1-3-9-14/h4-7,12,15H,1-3,8-10H2/t12-/m1/s1. The molecule has 82 valence electrons. The Morgan fingerprint density at radius 1 is 1.20 bits per heavy atom. The molecule has 0 spiro atoms. The topological polar surface area (TPSA) is 36.4 Å². The third-order valence-corrected chi connectivity index (χ3v) is 2.97. The van der Waals surface area contributed by atoms with Crippen LogP contribution in [0.25, 0.3) is 0 Å². The van der Waals surface area contributed by atoms with Crippen molar-refractivity contribution in [1.29, 1.82) is 0 Å². The van der Waals surface area contributed by atoms with Crippen LogP contribution in [-0.2, 0) is 0 Å². The maximum absolute atomic E-state index is 10.0. The van der Waals surface area contributed by atoms with Crippen LogP contribution in [0.2, 0.25) is 0 Å². The molecule has 0 saturated carbocycles. The van der Waals surface area contributed by atoms with Gasteiger partial charge >= 0.3 is 0 Å². The summed E-state index contributed by atoms with van der Waals surface area (Å²) in [5.74, 6) is 0. The minimum atomic E-state index is -0.369. The number of aliphatic hydroxyl groups is 1. The van der Waals surface area contributed by atoms with E-state index in [9.17, 15) is 5.11 Å². The zero-order chi connectivity index (χ0) is 10.5. The summed E-state index contributed by atoms with van der Waals surface area (Å²) in [5, 5.41) is 10.0. The summed E-state index contributed by atoms with van der Waals surface area (Å²) in [6.45, 7) is 3.01. The van der Waals surface area contributed by atoms with Crippen LogP contribution < -0.4 is 0 Å². The summed E-state index contributed by atoms with van der Waals surface area (Å²) >= 11 is 0. The SMILES string of the molecule is O[C@H](CN1CCCCC1)c1ccncc1. The maximum Gasteiger partial charge on any atom is 0.0918 e. The molecule has 0 aliphatic carbocycles. The minimum absolute atomic E-state index is 0.369. The Labute approximate surface area is 90.8 Å². The van der Waals surface area contributed by atoms with Crippen molar-refractivity contribution in [3.63, 3.8) is 0 Å². The van der Waals surface area contributed by atoms with Crippen molar-refractivity contribution < 1.29 is 5.11 Å². The molecule has 0 radical (unpaired) electrons. The van der Waals surface area contributed by atoms with Crippen LogP contribution in [0, 0.1) is 0 Å². The van der Waals surface area contributed by atoms with Gasteiger partial charge in [0.1, 0.15) is 0 Å². The van der Waals surface area contributed by atoms with E-state index in [0.29, 0.717) is 0 Å². The Morgan fingerprint density at radius 2 is 1.87 bits per heavy atom. The Bertz CT molecular complexity index is 283. The van der Waals surface area contributed by atoms with E-state index in [1.54, 1.807) is 12.4 Å². The highest BCUT2D eigenvalue weighted by Gasteiger charge is 2.15. The van der Waals surface area contributed by atoms with E-state index in [-0.39, 0.29) is 6.10 Å². The van der Waals surface area contributed by atoms with Crippen molar-refractivity contribution in [3.05, 3.63) is 30.1 Å². The summed E-state index contributed by atoms with van der Waals surface area (Å²) in [4.78, 5) is 6.29. The van der Waals surface area contributed by atoms with Gasteiger partial charge in [0.2, 0.25) is 0 Å². The fourth-order valence-electron chi connectivity index (χ4n) is 2.08. The van der Waals surface area contributed by atoms with E-state index in [1.807, 2.05) is 12.1 Å². The summed E-state index contributed by atoms with van der Waals surface area (Å²) in [7, 11) is 0. The van der Waals surface area contributed by atoms with Crippen molar-refractivity contribution in [1.82, 2.24) is 9.88 Å². The van der Waals surface area contributed by atoms with Crippen LogP contribution in [0.4, 0.5) is 0 Å². The van der Waals surface area contributed by atoms with Crippen LogP contribution in [0.5, 0.6) is 0 Å². The maximum atomic E-state index is 10.0. The summed E-state index contributed by atoms with van der Waals surface area (Å²) in [5.41, 5.74) is 0.968. The molecule has 3 nitrogen and oxygen atoms in total. The monoisotopic (exact) mass is 206 g/mol. The number of aliphatic hydroxyl groups excluding tert-OH is 1. The second kappa shape index (κ2) is 5.24. The lowest BCUT2D eigenvalue weighted by atomic mass is 10.1. The largest absolute Gasteiger partial charge is 0.387 e. The molecule has 1 aliphatic rings. The van der Waals surface area contributed by atoms with Crippen molar-refractivity contribution in [2.24, 2.45) is 0 Å². The second-order valence-corrected chi connectivity index (χ2v) is 4.16. The smallest absolute Gasteiger partial charge is 0.0918 e. The van der Waals surface area contributed by atoms with Gasteiger partial charge in [-0.25, -0.2) is 0 Å². The molecule has 15 heavy (non-hydrogen) atoms. The van der Waals surface area contributed by atoms with E-state index in [2.05, 4.69) is 9.88 Å². The van der Waals surface area contributed by atoms with E-state index in [0.717, 1.165) is 25.2 Å². The fraction of sp³-hybridized carbons (Fsp3) is 0.583. The van der Waals surface area contributed by atoms with E-state index in [1.165, 1.54) is 19.3 Å². The van der Waals surface area contributed by atoms with Gasteiger partial charge in [0.05, 0.1) is 6.10 Å². The quantitative estimate of drug-likeness (QED) is 0.816. The molecule has 1 saturated heterocycles. The third-order valence-electron chi connectivity index (χ3n) is 2.97. The lowest BCUT2D eigenvalue weighted by molar-refractivity contribution is 0.101. The third kappa shape index (κ3) is 3.01. The van der Waals surface area contributed by atoms with Gasteiger partial charge in [0, 0.05) is 18.9 Å². The normalized spacial score (nSPS) is 20.1. The highest BCUT2D eigenvalue weighted by Crippen LogP contribution is 2.16. The zero-order valence-corrected chi connectivity index (χ0v) is 8.97. The lowest BCUT2D eigenvalue weighted by Crippen LogP contribution is -2.33. The van der Waals surface area contributed by atoms with Gasteiger partial charge in [-0.15, -0.1) is 0 Å². The Kier molecular flexibility index (Phi) is 3.69. The number of likely N-dealkylation sites (tertiary alicyclic amines) is 1. The number of rotatable bonds is 3. The van der Waals surface area contributed by atoms with Gasteiger partial charge in [0.25, 0.3) is 0 Å². The molecule has 2 heterocycles. The van der Waals surface area contributed by atoms with Crippen LogP contribution in [0.15, 0.2) is 24.5 Å². The minimum Gasteiger partial charge on any atom is -0.387 e. The lowest BCUT2D eigenvalue weighted by Gasteiger charge is -2.28. The molecule has 0 bridgehead atoms. The Hall–Kier alpha value is -0.930. The predicted molar refractivity (Wildman–Crippen MR) is 59.5 cm³/mol. The summed E-state index contributed by atoms with van der Waals surface area (Å²) < 4.78 is 0. The molecule has 2 rings (SSSR count). The number of nitrogens with zero attached hydrogens (tertiary/aromatic N) is 2. The number of pyridine rings is 1. The number of hydrogen-bond acceptors (Lipinski definition) is 3. The van der Waals surface area contributed by atoms with Gasteiger partial charge in [-0.05, 0) is 43.6 Å². The van der Waals surface area contributed by atoms with Crippen molar-refractivity contribution >= 4 is 0 Å². The van der Waals surface area contributed by atoms with E-state index >= 15 is 0 Å². The van der Waals surface area contributed by atoms with Gasteiger partial charge in [-0.2, -0.15) is 0 Å². The van der Waals surface area contributed by atoms with Gasteiger partial charge in [0.15, 0.2) is 0 Å². The fourth-order valence-corrected chi connectivity index (χ4v) is 2.08. The average molecular weight is 206 g/mol. The first-order valence-electron chi connectivity index (χ1n) is 5.66. The number of aromatic nitrogens is 1.